The molecule has 0 heterocycles. The summed E-state index contributed by atoms with van der Waals surface area (Å²) < 4.78 is 33.3. The number of likely N-dealkylation sites (N-methyl/N-ethyl adjacent to an activating group) is 1. The van der Waals surface area contributed by atoms with Crippen molar-refractivity contribution in [2.75, 3.05) is 44.3 Å². The van der Waals surface area contributed by atoms with E-state index in [2.05, 4.69) is 14.9 Å². The van der Waals surface area contributed by atoms with E-state index < -0.39 is 10.0 Å². The van der Waals surface area contributed by atoms with Crippen molar-refractivity contribution in [2.45, 2.75) is 18.7 Å². The van der Waals surface area contributed by atoms with E-state index in [4.69, 9.17) is 4.74 Å². The van der Waals surface area contributed by atoms with Gasteiger partial charge in [0.2, 0.25) is 0 Å². The van der Waals surface area contributed by atoms with E-state index in [9.17, 15) is 8.42 Å². The van der Waals surface area contributed by atoms with E-state index in [-0.39, 0.29) is 4.90 Å². The molecule has 0 unspecified atom stereocenters. The van der Waals surface area contributed by atoms with Crippen LogP contribution in [0.5, 0.6) is 5.75 Å². The van der Waals surface area contributed by atoms with E-state index in [1.807, 2.05) is 33.2 Å². The number of ether oxygens (including phenoxy) is 1. The molecular formula is C19H27N3O3S. The SMILES string of the molecule is COc1cc(C)c(S(=O)(=O)Nc2ccc(NCCN(C)C)cc2)cc1C. The molecule has 0 atom stereocenters. The number of nitrogens with zero attached hydrogens (tertiary/aromatic N) is 1. The molecule has 0 fully saturated rings. The molecule has 0 saturated carbocycles. The molecule has 2 N–H and O–H groups in total. The van der Waals surface area contributed by atoms with Crippen molar-refractivity contribution >= 4 is 21.4 Å². The van der Waals surface area contributed by atoms with E-state index in [0.717, 1.165) is 24.3 Å². The van der Waals surface area contributed by atoms with Crippen molar-refractivity contribution in [3.05, 3.63) is 47.5 Å². The summed E-state index contributed by atoms with van der Waals surface area (Å²) in [4.78, 5) is 2.35. The van der Waals surface area contributed by atoms with Gasteiger partial charge in [-0.3, -0.25) is 4.72 Å². The summed E-state index contributed by atoms with van der Waals surface area (Å²) in [5, 5.41) is 3.29. The molecule has 0 bridgehead atoms. The number of anilines is 2. The molecular weight excluding hydrogens is 350 g/mol. The van der Waals surface area contributed by atoms with Crippen LogP contribution in [0.3, 0.4) is 0 Å². The Hall–Kier alpha value is -2.25. The van der Waals surface area contributed by atoms with Crippen molar-refractivity contribution in [3.8, 4) is 5.75 Å². The second kappa shape index (κ2) is 8.42. The summed E-state index contributed by atoms with van der Waals surface area (Å²) in [6.07, 6.45) is 0. The number of nitrogens with one attached hydrogen (secondary N) is 2. The van der Waals surface area contributed by atoms with Crippen molar-refractivity contribution in [3.63, 3.8) is 0 Å². The molecule has 142 valence electrons. The zero-order valence-corrected chi connectivity index (χ0v) is 16.8. The van der Waals surface area contributed by atoms with Gasteiger partial charge in [0.25, 0.3) is 10.0 Å². The summed E-state index contributed by atoms with van der Waals surface area (Å²) in [7, 11) is 1.94. The highest BCUT2D eigenvalue weighted by Gasteiger charge is 2.19. The van der Waals surface area contributed by atoms with Gasteiger partial charge in [0, 0.05) is 24.5 Å². The fourth-order valence-corrected chi connectivity index (χ4v) is 3.93. The van der Waals surface area contributed by atoms with Crippen LogP contribution in [-0.2, 0) is 10.0 Å². The molecule has 0 aliphatic carbocycles. The van der Waals surface area contributed by atoms with Crippen molar-refractivity contribution in [1.82, 2.24) is 4.90 Å². The van der Waals surface area contributed by atoms with Crippen LogP contribution in [0.1, 0.15) is 11.1 Å². The Kier molecular flexibility index (Phi) is 6.50. The Morgan fingerprint density at radius 2 is 1.62 bits per heavy atom. The molecule has 0 radical (unpaired) electrons. The first-order valence-corrected chi connectivity index (χ1v) is 9.88. The smallest absolute Gasteiger partial charge is 0.262 e. The van der Waals surface area contributed by atoms with Gasteiger partial charge in [-0.05, 0) is 75.5 Å². The topological polar surface area (TPSA) is 70.7 Å². The predicted octanol–water partition coefficient (Wildman–Crippen LogP) is 3.09. The summed E-state index contributed by atoms with van der Waals surface area (Å²) in [5.41, 5.74) is 2.89. The molecule has 0 aromatic heterocycles. The molecule has 0 aliphatic heterocycles. The second-order valence-corrected chi connectivity index (χ2v) is 8.15. The first-order valence-electron chi connectivity index (χ1n) is 8.39. The van der Waals surface area contributed by atoms with Crippen molar-refractivity contribution < 1.29 is 13.2 Å². The number of hydrogen-bond acceptors (Lipinski definition) is 5. The first kappa shape index (κ1) is 20.1. The van der Waals surface area contributed by atoms with E-state index >= 15 is 0 Å². The third-order valence-corrected chi connectivity index (χ3v) is 5.53. The molecule has 6 nitrogen and oxygen atoms in total. The zero-order chi connectivity index (χ0) is 19.3. The van der Waals surface area contributed by atoms with Crippen LogP contribution in [0, 0.1) is 13.8 Å². The van der Waals surface area contributed by atoms with Crippen LogP contribution < -0.4 is 14.8 Å². The maximum Gasteiger partial charge on any atom is 0.262 e. The predicted molar refractivity (Wildman–Crippen MR) is 107 cm³/mol. The monoisotopic (exact) mass is 377 g/mol. The number of methoxy groups -OCH3 is 1. The summed E-state index contributed by atoms with van der Waals surface area (Å²) in [6, 6.07) is 10.6. The lowest BCUT2D eigenvalue weighted by atomic mass is 10.1. The van der Waals surface area contributed by atoms with E-state index in [1.54, 1.807) is 38.3 Å². The Balaban J connectivity index is 2.13. The third-order valence-electron chi connectivity index (χ3n) is 4.01. The number of benzene rings is 2. The Bertz CT molecular complexity index is 847. The van der Waals surface area contributed by atoms with Crippen molar-refractivity contribution in [1.29, 1.82) is 0 Å². The minimum Gasteiger partial charge on any atom is -0.496 e. The highest BCUT2D eigenvalue weighted by Crippen LogP contribution is 2.27. The molecule has 2 aromatic carbocycles. The van der Waals surface area contributed by atoms with Crippen LogP contribution in [0.25, 0.3) is 0 Å². The average molecular weight is 378 g/mol. The molecule has 7 heteroatoms. The van der Waals surface area contributed by atoms with Crippen LogP contribution in [0.4, 0.5) is 11.4 Å². The third kappa shape index (κ3) is 5.12. The molecule has 2 aromatic rings. The molecule has 0 spiro atoms. The Morgan fingerprint density at radius 3 is 2.19 bits per heavy atom. The van der Waals surface area contributed by atoms with Gasteiger partial charge in [-0.15, -0.1) is 0 Å². The standard InChI is InChI=1S/C19H27N3O3S/c1-14-13-19(15(2)12-18(14)25-5)26(23,24)21-17-8-6-16(7-9-17)20-10-11-22(3)4/h6-9,12-13,20-21H,10-11H2,1-5H3. The maximum atomic E-state index is 12.7. The van der Waals surface area contributed by atoms with Gasteiger partial charge in [-0.2, -0.15) is 0 Å². The van der Waals surface area contributed by atoms with Gasteiger partial charge in [0.05, 0.1) is 12.0 Å². The van der Waals surface area contributed by atoms with Crippen LogP contribution in [-0.4, -0.2) is 47.6 Å². The summed E-state index contributed by atoms with van der Waals surface area (Å²) in [6.45, 7) is 5.33. The van der Waals surface area contributed by atoms with Gasteiger partial charge in [0.15, 0.2) is 0 Å². The van der Waals surface area contributed by atoms with E-state index in [0.29, 0.717) is 17.0 Å². The number of hydrogen-bond donors (Lipinski definition) is 2. The number of aryl methyl sites for hydroxylation is 2. The lowest BCUT2D eigenvalue weighted by Crippen LogP contribution is -2.20. The van der Waals surface area contributed by atoms with Gasteiger partial charge in [-0.25, -0.2) is 8.42 Å². The van der Waals surface area contributed by atoms with Gasteiger partial charge in [0.1, 0.15) is 5.75 Å². The molecule has 26 heavy (non-hydrogen) atoms. The summed E-state index contributed by atoms with van der Waals surface area (Å²) >= 11 is 0. The molecule has 0 amide bonds. The maximum absolute atomic E-state index is 12.7. The molecule has 2 rings (SSSR count). The summed E-state index contributed by atoms with van der Waals surface area (Å²) in [5.74, 6) is 0.676. The highest BCUT2D eigenvalue weighted by molar-refractivity contribution is 7.92. The molecule has 0 aliphatic rings. The van der Waals surface area contributed by atoms with Crippen LogP contribution in [0.2, 0.25) is 0 Å². The minimum atomic E-state index is -3.67. The van der Waals surface area contributed by atoms with Gasteiger partial charge < -0.3 is 15.0 Å². The number of rotatable bonds is 8. The Morgan fingerprint density at radius 1 is 1.00 bits per heavy atom. The van der Waals surface area contributed by atoms with Gasteiger partial charge >= 0.3 is 0 Å². The average Bonchev–Trinajstić information content (AvgIpc) is 2.57. The largest absolute Gasteiger partial charge is 0.496 e. The normalized spacial score (nSPS) is 11.5. The fraction of sp³-hybridized carbons (Fsp3) is 0.368. The second-order valence-electron chi connectivity index (χ2n) is 6.50. The number of sulfonamides is 1. The van der Waals surface area contributed by atoms with E-state index in [1.165, 1.54) is 0 Å². The minimum absolute atomic E-state index is 0.254. The van der Waals surface area contributed by atoms with Crippen LogP contribution in [0.15, 0.2) is 41.3 Å². The zero-order valence-electron chi connectivity index (χ0n) is 16.0. The quantitative estimate of drug-likeness (QED) is 0.740. The van der Waals surface area contributed by atoms with Crippen molar-refractivity contribution in [2.24, 2.45) is 0 Å². The fourth-order valence-electron chi connectivity index (χ4n) is 2.56. The Labute approximate surface area is 156 Å². The highest BCUT2D eigenvalue weighted by atomic mass is 32.2. The molecule has 0 saturated heterocycles. The lowest BCUT2D eigenvalue weighted by Gasteiger charge is -2.14. The van der Waals surface area contributed by atoms with Gasteiger partial charge in [-0.1, -0.05) is 0 Å². The van der Waals surface area contributed by atoms with Crippen LogP contribution >= 0.6 is 0 Å². The lowest BCUT2D eigenvalue weighted by molar-refractivity contribution is 0.411. The first-order chi connectivity index (χ1) is 12.2.